The number of ketones is 1. The van der Waals surface area contributed by atoms with Crippen molar-refractivity contribution < 1.29 is 9.90 Å². The van der Waals surface area contributed by atoms with E-state index in [9.17, 15) is 9.90 Å². The number of anilines is 1. The van der Waals surface area contributed by atoms with Gasteiger partial charge in [0, 0.05) is 11.8 Å². The first kappa shape index (κ1) is 22.1. The van der Waals surface area contributed by atoms with Gasteiger partial charge in [-0.2, -0.15) is 0 Å². The van der Waals surface area contributed by atoms with Gasteiger partial charge in [0.05, 0.1) is 28.4 Å². The zero-order chi connectivity index (χ0) is 22.9. The number of fused-ring (bicyclic) bond motifs is 2. The van der Waals surface area contributed by atoms with Gasteiger partial charge >= 0.3 is 0 Å². The Morgan fingerprint density at radius 1 is 1.24 bits per heavy atom. The summed E-state index contributed by atoms with van der Waals surface area (Å²) in [5.74, 6) is 0.890. The van der Waals surface area contributed by atoms with E-state index in [1.54, 1.807) is 11.6 Å². The third-order valence-electron chi connectivity index (χ3n) is 6.31. The van der Waals surface area contributed by atoms with Crippen LogP contribution < -0.4 is 5.32 Å². The topological polar surface area (TPSA) is 101 Å². The van der Waals surface area contributed by atoms with Crippen molar-refractivity contribution in [2.45, 2.75) is 51.2 Å². The highest BCUT2D eigenvalue weighted by atomic mass is 35.5. The first-order valence-electron chi connectivity index (χ1n) is 11.1. The number of pyridine rings is 1. The number of nitrogens with zero attached hydrogens (tertiary/aromatic N) is 4. The molecule has 170 valence electrons. The minimum atomic E-state index is -0.244. The second-order valence-electron chi connectivity index (χ2n) is 8.63. The Kier molecular flexibility index (Phi) is 6.23. The number of rotatable bonds is 6. The molecule has 1 saturated carbocycles. The lowest BCUT2D eigenvalue weighted by atomic mass is 9.83. The third kappa shape index (κ3) is 4.55. The van der Waals surface area contributed by atoms with Crippen molar-refractivity contribution in [1.29, 1.82) is 0 Å². The monoisotopic (exact) mass is 481 g/mol. The fourth-order valence-corrected chi connectivity index (χ4v) is 5.40. The maximum Gasteiger partial charge on any atom is 0.182 e. The van der Waals surface area contributed by atoms with Crippen molar-refractivity contribution in [3.05, 3.63) is 52.5 Å². The van der Waals surface area contributed by atoms with E-state index in [1.165, 1.54) is 17.7 Å². The number of carbonyl (C=O) groups excluding carboxylic acids is 1. The second-order valence-corrected chi connectivity index (χ2v) is 9.87. The van der Waals surface area contributed by atoms with Gasteiger partial charge in [-0.25, -0.2) is 19.9 Å². The van der Waals surface area contributed by atoms with E-state index in [0.29, 0.717) is 33.9 Å². The van der Waals surface area contributed by atoms with E-state index in [1.807, 2.05) is 25.1 Å². The lowest BCUT2D eigenvalue weighted by Gasteiger charge is -2.25. The van der Waals surface area contributed by atoms with E-state index in [-0.39, 0.29) is 23.8 Å². The van der Waals surface area contributed by atoms with Gasteiger partial charge in [0.1, 0.15) is 22.4 Å². The number of aromatic nitrogens is 4. The van der Waals surface area contributed by atoms with Crippen molar-refractivity contribution in [3.8, 4) is 0 Å². The molecule has 0 radical (unpaired) electrons. The van der Waals surface area contributed by atoms with Crippen LogP contribution in [0.1, 0.15) is 61.3 Å². The summed E-state index contributed by atoms with van der Waals surface area (Å²) in [4.78, 5) is 32.0. The number of Topliss-reactive ketones (excluding diaryl/α,β-unsaturated/α-hetero) is 1. The Balaban J connectivity index is 1.48. The number of hydrogen-bond donors (Lipinski definition) is 2. The van der Waals surface area contributed by atoms with Crippen LogP contribution in [0.3, 0.4) is 0 Å². The molecular formula is C24H24ClN5O2S. The number of thiazole rings is 1. The van der Waals surface area contributed by atoms with Crippen molar-refractivity contribution in [1.82, 2.24) is 19.9 Å². The van der Waals surface area contributed by atoms with Crippen LogP contribution in [-0.2, 0) is 0 Å². The molecular weight excluding hydrogens is 458 g/mol. The van der Waals surface area contributed by atoms with Crippen LogP contribution in [0.4, 0.5) is 5.82 Å². The molecule has 0 aliphatic heterocycles. The smallest absolute Gasteiger partial charge is 0.182 e. The number of nitrogens with one attached hydrogen (secondary N) is 1. The van der Waals surface area contributed by atoms with Crippen LogP contribution in [0.15, 0.2) is 36.1 Å². The van der Waals surface area contributed by atoms with Crippen LogP contribution in [0.5, 0.6) is 0 Å². The lowest BCUT2D eigenvalue weighted by Crippen LogP contribution is -2.21. The quantitative estimate of drug-likeness (QED) is 0.346. The van der Waals surface area contributed by atoms with Crippen LogP contribution in [0.25, 0.3) is 21.1 Å². The van der Waals surface area contributed by atoms with Gasteiger partial charge in [0.25, 0.3) is 0 Å². The average Bonchev–Trinajstić information content (AvgIpc) is 3.30. The molecule has 33 heavy (non-hydrogen) atoms. The highest BCUT2D eigenvalue weighted by Gasteiger charge is 2.25. The van der Waals surface area contributed by atoms with E-state index in [2.05, 4.69) is 20.3 Å². The molecule has 0 saturated heterocycles. The summed E-state index contributed by atoms with van der Waals surface area (Å²) in [7, 11) is 0. The van der Waals surface area contributed by atoms with E-state index >= 15 is 0 Å². The zero-order valence-corrected chi connectivity index (χ0v) is 19.7. The molecule has 0 spiro atoms. The molecule has 1 aliphatic rings. The van der Waals surface area contributed by atoms with E-state index < -0.39 is 0 Å². The average molecular weight is 482 g/mol. The van der Waals surface area contributed by atoms with Crippen molar-refractivity contribution in [2.75, 3.05) is 5.32 Å². The molecule has 7 nitrogen and oxygen atoms in total. The molecule has 1 atom stereocenters. The molecule has 1 fully saturated rings. The fourth-order valence-electron chi connectivity index (χ4n) is 4.50. The Morgan fingerprint density at radius 3 is 2.88 bits per heavy atom. The highest BCUT2D eigenvalue weighted by Crippen LogP contribution is 2.33. The number of hydrogen-bond acceptors (Lipinski definition) is 8. The number of aliphatic hydroxyl groups excluding tert-OH is 1. The van der Waals surface area contributed by atoms with Crippen LogP contribution in [-0.4, -0.2) is 36.9 Å². The first-order chi connectivity index (χ1) is 16.0. The molecule has 0 amide bonds. The van der Waals surface area contributed by atoms with Gasteiger partial charge in [-0.1, -0.05) is 23.7 Å². The van der Waals surface area contributed by atoms with Gasteiger partial charge < -0.3 is 10.4 Å². The Hall–Kier alpha value is -2.68. The predicted octanol–water partition coefficient (Wildman–Crippen LogP) is 5.58. The molecule has 3 heterocycles. The lowest BCUT2D eigenvalue weighted by molar-refractivity contribution is 0.0857. The summed E-state index contributed by atoms with van der Waals surface area (Å²) in [5, 5.41) is 15.3. The zero-order valence-electron chi connectivity index (χ0n) is 18.2. The SMILES string of the molecule is C[C@H](Nc1ncnc2scnc12)c1cc2cccc(Cl)c2c(C(=O)CC2CCC(O)CC2)n1. The maximum absolute atomic E-state index is 13.4. The summed E-state index contributed by atoms with van der Waals surface area (Å²) in [6.45, 7) is 1.98. The molecule has 1 aromatic carbocycles. The van der Waals surface area contributed by atoms with E-state index in [0.717, 1.165) is 41.6 Å². The Labute approximate surface area is 200 Å². The number of benzene rings is 1. The summed E-state index contributed by atoms with van der Waals surface area (Å²) >= 11 is 7.98. The Morgan fingerprint density at radius 2 is 2.06 bits per heavy atom. The molecule has 0 unspecified atom stereocenters. The summed E-state index contributed by atoms with van der Waals surface area (Å²) in [6, 6.07) is 7.37. The largest absolute Gasteiger partial charge is 0.393 e. The minimum absolute atomic E-state index is 0.00697. The predicted molar refractivity (Wildman–Crippen MR) is 131 cm³/mol. The molecule has 9 heteroatoms. The first-order valence-corrected chi connectivity index (χ1v) is 12.4. The summed E-state index contributed by atoms with van der Waals surface area (Å²) in [6.07, 6.45) is 4.89. The number of carbonyl (C=O) groups is 1. The standard InChI is InChI=1S/C24H24ClN5O2S/c1-13(29-23-22-24(27-11-26-23)33-12-28-22)18-10-15-3-2-4-17(25)20(15)21(30-18)19(32)9-14-5-7-16(31)8-6-14/h2-4,10-14,16,31H,5-9H2,1H3,(H,26,27,29)/t13-,14?,16?/m0/s1. The Bertz CT molecular complexity index is 1320. The molecule has 1 aliphatic carbocycles. The van der Waals surface area contributed by atoms with Gasteiger partial charge in [-0.3, -0.25) is 4.79 Å². The van der Waals surface area contributed by atoms with Crippen LogP contribution in [0.2, 0.25) is 5.02 Å². The second kappa shape index (κ2) is 9.29. The van der Waals surface area contributed by atoms with Gasteiger partial charge in [-0.15, -0.1) is 11.3 Å². The third-order valence-corrected chi connectivity index (χ3v) is 7.36. The van der Waals surface area contributed by atoms with Gasteiger partial charge in [0.15, 0.2) is 11.6 Å². The van der Waals surface area contributed by atoms with Crippen molar-refractivity contribution in [2.24, 2.45) is 5.92 Å². The molecule has 0 bridgehead atoms. The summed E-state index contributed by atoms with van der Waals surface area (Å²) in [5.41, 5.74) is 3.60. The number of aliphatic hydroxyl groups is 1. The van der Waals surface area contributed by atoms with E-state index in [4.69, 9.17) is 16.6 Å². The van der Waals surface area contributed by atoms with Crippen LogP contribution >= 0.6 is 22.9 Å². The number of halogens is 1. The fraction of sp³-hybridized carbons (Fsp3) is 0.375. The van der Waals surface area contributed by atoms with Crippen molar-refractivity contribution >= 4 is 55.7 Å². The minimum Gasteiger partial charge on any atom is -0.393 e. The molecule has 4 aromatic rings. The molecule has 5 rings (SSSR count). The molecule has 3 aromatic heterocycles. The van der Waals surface area contributed by atoms with Gasteiger partial charge in [0.2, 0.25) is 0 Å². The van der Waals surface area contributed by atoms with Crippen molar-refractivity contribution in [3.63, 3.8) is 0 Å². The summed E-state index contributed by atoms with van der Waals surface area (Å²) < 4.78 is 0. The van der Waals surface area contributed by atoms with Gasteiger partial charge in [-0.05, 0) is 56.0 Å². The van der Waals surface area contributed by atoms with Crippen LogP contribution in [0, 0.1) is 5.92 Å². The molecule has 2 N–H and O–H groups in total. The highest BCUT2D eigenvalue weighted by molar-refractivity contribution is 7.16. The normalized spacial score (nSPS) is 19.6. The maximum atomic E-state index is 13.4.